The number of unbranched alkanes of at least 4 members (excludes halogenated alkanes) is 3. The van der Waals surface area contributed by atoms with Crippen LogP contribution in [0.4, 0.5) is 5.69 Å². The zero-order valence-corrected chi connectivity index (χ0v) is 11.7. The van der Waals surface area contributed by atoms with Crippen molar-refractivity contribution in [3.8, 4) is 5.75 Å². The molecule has 0 saturated carbocycles. The molecule has 0 spiro atoms. The zero-order valence-electron chi connectivity index (χ0n) is 11.7. The predicted octanol–water partition coefficient (Wildman–Crippen LogP) is 2.93. The van der Waals surface area contributed by atoms with Crippen molar-refractivity contribution in [2.24, 2.45) is 5.73 Å². The average molecular weight is 264 g/mol. The van der Waals surface area contributed by atoms with E-state index in [4.69, 9.17) is 10.5 Å². The molecule has 0 radical (unpaired) electrons. The van der Waals surface area contributed by atoms with Gasteiger partial charge in [0.1, 0.15) is 5.75 Å². The van der Waals surface area contributed by atoms with Crippen LogP contribution in [0.25, 0.3) is 0 Å². The quantitative estimate of drug-likeness (QED) is 0.639. The highest BCUT2D eigenvalue weighted by Gasteiger charge is 2.03. The molecular weight excluding hydrogens is 240 g/mol. The van der Waals surface area contributed by atoms with E-state index in [0.717, 1.165) is 24.4 Å². The molecule has 1 aromatic rings. The zero-order chi connectivity index (χ0) is 13.9. The number of nitrogens with two attached hydrogens (primary N) is 1. The second-order valence-electron chi connectivity index (χ2n) is 4.55. The maximum Gasteiger partial charge on any atom is 0.220 e. The lowest BCUT2D eigenvalue weighted by Crippen LogP contribution is -2.15. The predicted molar refractivity (Wildman–Crippen MR) is 78.4 cm³/mol. The maximum atomic E-state index is 10.7. The van der Waals surface area contributed by atoms with Crippen LogP contribution in [0.3, 0.4) is 0 Å². The van der Waals surface area contributed by atoms with Gasteiger partial charge in [-0.25, -0.2) is 0 Å². The Hall–Kier alpha value is -1.71. The van der Waals surface area contributed by atoms with E-state index in [9.17, 15) is 4.79 Å². The summed E-state index contributed by atoms with van der Waals surface area (Å²) in [6, 6.07) is 7.77. The molecule has 0 unspecified atom stereocenters. The van der Waals surface area contributed by atoms with Gasteiger partial charge in [0.25, 0.3) is 0 Å². The molecule has 4 nitrogen and oxygen atoms in total. The van der Waals surface area contributed by atoms with E-state index in [1.165, 1.54) is 19.3 Å². The Bertz CT molecular complexity index is 380. The first-order valence-corrected chi connectivity index (χ1v) is 6.98. The van der Waals surface area contributed by atoms with Crippen LogP contribution < -0.4 is 15.8 Å². The number of para-hydroxylation sites is 2. The monoisotopic (exact) mass is 264 g/mol. The van der Waals surface area contributed by atoms with Crippen LogP contribution in [-0.4, -0.2) is 19.1 Å². The molecule has 4 heteroatoms. The van der Waals surface area contributed by atoms with Crippen LogP contribution >= 0.6 is 0 Å². The molecule has 0 saturated heterocycles. The number of hydrogen-bond donors (Lipinski definition) is 2. The molecule has 0 fully saturated rings. The summed E-state index contributed by atoms with van der Waals surface area (Å²) < 4.78 is 5.56. The van der Waals surface area contributed by atoms with Gasteiger partial charge in [0.05, 0.1) is 18.7 Å². The fourth-order valence-corrected chi connectivity index (χ4v) is 1.77. The normalized spacial score (nSPS) is 10.2. The highest BCUT2D eigenvalue weighted by molar-refractivity contribution is 5.73. The number of carbonyl (C=O) groups is 1. The molecule has 1 aromatic carbocycles. The molecule has 106 valence electrons. The van der Waals surface area contributed by atoms with Crippen molar-refractivity contribution in [2.75, 3.05) is 18.5 Å². The molecule has 0 aliphatic rings. The summed E-state index contributed by atoms with van der Waals surface area (Å²) in [5.41, 5.74) is 6.06. The number of amides is 1. The van der Waals surface area contributed by atoms with E-state index in [2.05, 4.69) is 12.2 Å². The summed E-state index contributed by atoms with van der Waals surface area (Å²) in [5, 5.41) is 3.37. The lowest BCUT2D eigenvalue weighted by atomic mass is 10.2. The summed E-state index contributed by atoms with van der Waals surface area (Å²) >= 11 is 0. The van der Waals surface area contributed by atoms with E-state index < -0.39 is 0 Å². The van der Waals surface area contributed by atoms with Crippen LogP contribution in [-0.2, 0) is 4.79 Å². The highest BCUT2D eigenvalue weighted by Crippen LogP contribution is 2.23. The maximum absolute atomic E-state index is 10.7. The van der Waals surface area contributed by atoms with Crippen molar-refractivity contribution >= 4 is 11.6 Å². The van der Waals surface area contributed by atoms with Gasteiger partial charge >= 0.3 is 0 Å². The topological polar surface area (TPSA) is 64.3 Å². The average Bonchev–Trinajstić information content (AvgIpc) is 2.40. The van der Waals surface area contributed by atoms with Crippen molar-refractivity contribution in [1.29, 1.82) is 0 Å². The smallest absolute Gasteiger partial charge is 0.220 e. The summed E-state index contributed by atoms with van der Waals surface area (Å²) in [4.78, 5) is 10.7. The summed E-state index contributed by atoms with van der Waals surface area (Å²) in [6.07, 6.45) is 5.16. The van der Waals surface area contributed by atoms with E-state index in [0.29, 0.717) is 6.61 Å². The third-order valence-corrected chi connectivity index (χ3v) is 2.84. The van der Waals surface area contributed by atoms with Gasteiger partial charge < -0.3 is 15.8 Å². The van der Waals surface area contributed by atoms with Gasteiger partial charge in [-0.2, -0.15) is 0 Å². The SMILES string of the molecule is CCCCCCNc1ccccc1OCCC(N)=O. The number of anilines is 1. The minimum absolute atomic E-state index is 0.241. The number of primary amides is 1. The second kappa shape index (κ2) is 9.25. The van der Waals surface area contributed by atoms with Gasteiger partial charge in [-0.05, 0) is 18.6 Å². The standard InChI is InChI=1S/C15H24N2O2/c1-2-3-4-7-11-17-13-8-5-6-9-14(13)19-12-10-15(16)18/h5-6,8-9,17H,2-4,7,10-12H2,1H3,(H2,16,18). The molecule has 0 heterocycles. The van der Waals surface area contributed by atoms with Crippen molar-refractivity contribution in [1.82, 2.24) is 0 Å². The first kappa shape index (κ1) is 15.3. The molecule has 19 heavy (non-hydrogen) atoms. The molecule has 0 atom stereocenters. The van der Waals surface area contributed by atoms with Crippen LogP contribution in [0, 0.1) is 0 Å². The third-order valence-electron chi connectivity index (χ3n) is 2.84. The molecule has 3 N–H and O–H groups in total. The van der Waals surface area contributed by atoms with E-state index in [1.54, 1.807) is 0 Å². The Kier molecular flexibility index (Phi) is 7.47. The molecule has 1 amide bonds. The Balaban J connectivity index is 2.37. The van der Waals surface area contributed by atoms with Gasteiger partial charge in [0, 0.05) is 6.54 Å². The van der Waals surface area contributed by atoms with Crippen molar-refractivity contribution in [2.45, 2.75) is 39.0 Å². The lowest BCUT2D eigenvalue weighted by molar-refractivity contribution is -0.118. The Labute approximate surface area is 115 Å². The molecule has 0 bridgehead atoms. The number of nitrogens with one attached hydrogen (secondary N) is 1. The Morgan fingerprint density at radius 2 is 2.05 bits per heavy atom. The molecule has 0 aliphatic carbocycles. The minimum Gasteiger partial charge on any atom is -0.491 e. The molecule has 1 rings (SSSR count). The van der Waals surface area contributed by atoms with E-state index >= 15 is 0 Å². The summed E-state index contributed by atoms with van der Waals surface area (Å²) in [7, 11) is 0. The van der Waals surface area contributed by atoms with E-state index in [-0.39, 0.29) is 12.3 Å². The molecule has 0 aliphatic heterocycles. The Morgan fingerprint density at radius 3 is 2.79 bits per heavy atom. The number of ether oxygens (including phenoxy) is 1. The largest absolute Gasteiger partial charge is 0.491 e. The highest BCUT2D eigenvalue weighted by atomic mass is 16.5. The summed E-state index contributed by atoms with van der Waals surface area (Å²) in [5.74, 6) is 0.434. The van der Waals surface area contributed by atoms with E-state index in [1.807, 2.05) is 24.3 Å². The fourth-order valence-electron chi connectivity index (χ4n) is 1.77. The number of benzene rings is 1. The lowest BCUT2D eigenvalue weighted by Gasteiger charge is -2.12. The van der Waals surface area contributed by atoms with Gasteiger partial charge in [-0.1, -0.05) is 38.3 Å². The van der Waals surface area contributed by atoms with Gasteiger partial charge in [-0.3, -0.25) is 4.79 Å². The van der Waals surface area contributed by atoms with Crippen molar-refractivity contribution in [3.05, 3.63) is 24.3 Å². The number of rotatable bonds is 10. The molecule has 0 aromatic heterocycles. The molecular formula is C15H24N2O2. The van der Waals surface area contributed by atoms with Crippen LogP contribution in [0.5, 0.6) is 5.75 Å². The second-order valence-corrected chi connectivity index (χ2v) is 4.55. The van der Waals surface area contributed by atoms with Crippen LogP contribution in [0.15, 0.2) is 24.3 Å². The first-order chi connectivity index (χ1) is 9.24. The van der Waals surface area contributed by atoms with Crippen molar-refractivity contribution in [3.63, 3.8) is 0 Å². The van der Waals surface area contributed by atoms with Crippen molar-refractivity contribution < 1.29 is 9.53 Å². The number of hydrogen-bond acceptors (Lipinski definition) is 3. The number of carbonyl (C=O) groups excluding carboxylic acids is 1. The van der Waals surface area contributed by atoms with Crippen LogP contribution in [0.1, 0.15) is 39.0 Å². The Morgan fingerprint density at radius 1 is 1.26 bits per heavy atom. The first-order valence-electron chi connectivity index (χ1n) is 6.98. The van der Waals surface area contributed by atoms with Crippen LogP contribution in [0.2, 0.25) is 0 Å². The fraction of sp³-hybridized carbons (Fsp3) is 0.533. The van der Waals surface area contributed by atoms with Gasteiger partial charge in [-0.15, -0.1) is 0 Å². The van der Waals surface area contributed by atoms with Gasteiger partial charge in [0.15, 0.2) is 0 Å². The van der Waals surface area contributed by atoms with Gasteiger partial charge in [0.2, 0.25) is 5.91 Å². The minimum atomic E-state index is -0.343. The summed E-state index contributed by atoms with van der Waals surface area (Å²) in [6.45, 7) is 3.47. The third kappa shape index (κ3) is 6.70.